The first kappa shape index (κ1) is 13.7. The first-order valence-corrected chi connectivity index (χ1v) is 6.79. The third kappa shape index (κ3) is 3.32. The summed E-state index contributed by atoms with van der Waals surface area (Å²) >= 11 is 2.42. The Kier molecular flexibility index (Phi) is 5.49. The standard InChI is InChI=1S/C14H20IN/c1-5-9-16-14(10(2)3)12-8-6-7-11(4)13(12)15/h6-8,14,16H,2,5,9H2,1,3-4H3. The van der Waals surface area contributed by atoms with Crippen molar-refractivity contribution in [2.75, 3.05) is 6.54 Å². The van der Waals surface area contributed by atoms with E-state index in [0.717, 1.165) is 13.0 Å². The summed E-state index contributed by atoms with van der Waals surface area (Å²) < 4.78 is 1.34. The monoisotopic (exact) mass is 329 g/mol. The van der Waals surface area contributed by atoms with Gasteiger partial charge in [0.05, 0.1) is 6.04 Å². The van der Waals surface area contributed by atoms with Crippen molar-refractivity contribution >= 4 is 22.6 Å². The SMILES string of the molecule is C=C(C)C(NCCC)c1cccc(C)c1I. The second-order valence-electron chi connectivity index (χ2n) is 4.21. The van der Waals surface area contributed by atoms with Gasteiger partial charge in [-0.25, -0.2) is 0 Å². The zero-order chi connectivity index (χ0) is 12.1. The lowest BCUT2D eigenvalue weighted by molar-refractivity contribution is 0.589. The Morgan fingerprint density at radius 3 is 2.75 bits per heavy atom. The average molecular weight is 329 g/mol. The number of halogens is 1. The van der Waals surface area contributed by atoms with Crippen LogP contribution in [0.1, 0.15) is 37.4 Å². The van der Waals surface area contributed by atoms with Crippen molar-refractivity contribution in [2.24, 2.45) is 0 Å². The molecule has 0 aliphatic carbocycles. The molecule has 1 aromatic carbocycles. The van der Waals surface area contributed by atoms with E-state index in [1.165, 1.54) is 20.3 Å². The van der Waals surface area contributed by atoms with Gasteiger partial charge >= 0.3 is 0 Å². The van der Waals surface area contributed by atoms with Gasteiger partial charge in [-0.05, 0) is 60.5 Å². The first-order valence-electron chi connectivity index (χ1n) is 5.71. The Morgan fingerprint density at radius 2 is 2.19 bits per heavy atom. The highest BCUT2D eigenvalue weighted by atomic mass is 127. The van der Waals surface area contributed by atoms with E-state index in [9.17, 15) is 0 Å². The van der Waals surface area contributed by atoms with Gasteiger partial charge < -0.3 is 5.32 Å². The zero-order valence-electron chi connectivity index (χ0n) is 10.3. The molecular weight excluding hydrogens is 309 g/mol. The molecule has 1 unspecified atom stereocenters. The molecule has 0 fully saturated rings. The predicted molar refractivity (Wildman–Crippen MR) is 79.7 cm³/mol. The van der Waals surface area contributed by atoms with Gasteiger partial charge in [0.1, 0.15) is 0 Å². The number of hydrogen-bond acceptors (Lipinski definition) is 1. The molecule has 1 rings (SSSR count). The van der Waals surface area contributed by atoms with Crippen LogP contribution in [0.3, 0.4) is 0 Å². The van der Waals surface area contributed by atoms with E-state index in [-0.39, 0.29) is 6.04 Å². The van der Waals surface area contributed by atoms with Gasteiger partial charge in [0.2, 0.25) is 0 Å². The lowest BCUT2D eigenvalue weighted by Gasteiger charge is -2.21. The Labute approximate surface area is 112 Å². The lowest BCUT2D eigenvalue weighted by Crippen LogP contribution is -2.23. The fourth-order valence-corrected chi connectivity index (χ4v) is 2.40. The number of rotatable bonds is 5. The van der Waals surface area contributed by atoms with Crippen LogP contribution in [0.2, 0.25) is 0 Å². The van der Waals surface area contributed by atoms with Gasteiger partial charge in [0.15, 0.2) is 0 Å². The molecule has 0 heterocycles. The van der Waals surface area contributed by atoms with Crippen molar-refractivity contribution in [3.8, 4) is 0 Å². The molecule has 0 bridgehead atoms. The van der Waals surface area contributed by atoms with E-state index < -0.39 is 0 Å². The minimum atomic E-state index is 0.284. The molecule has 16 heavy (non-hydrogen) atoms. The van der Waals surface area contributed by atoms with E-state index in [1.807, 2.05) is 0 Å². The minimum Gasteiger partial charge on any atom is -0.307 e. The van der Waals surface area contributed by atoms with Gasteiger partial charge in [-0.15, -0.1) is 0 Å². The van der Waals surface area contributed by atoms with Crippen LogP contribution in [0.25, 0.3) is 0 Å². The molecule has 0 saturated heterocycles. The van der Waals surface area contributed by atoms with Gasteiger partial charge in [-0.2, -0.15) is 0 Å². The molecular formula is C14H20IN. The van der Waals surface area contributed by atoms with Crippen LogP contribution < -0.4 is 5.32 Å². The highest BCUT2D eigenvalue weighted by Gasteiger charge is 2.14. The van der Waals surface area contributed by atoms with E-state index in [4.69, 9.17) is 0 Å². The van der Waals surface area contributed by atoms with Crippen LogP contribution in [0.5, 0.6) is 0 Å². The fraction of sp³-hybridized carbons (Fsp3) is 0.429. The molecule has 1 atom stereocenters. The lowest BCUT2D eigenvalue weighted by atomic mass is 9.99. The summed E-state index contributed by atoms with van der Waals surface area (Å²) in [6.45, 7) is 11.5. The van der Waals surface area contributed by atoms with Crippen molar-refractivity contribution < 1.29 is 0 Å². The molecule has 0 aromatic heterocycles. The van der Waals surface area contributed by atoms with Crippen LogP contribution in [-0.2, 0) is 0 Å². The maximum absolute atomic E-state index is 4.09. The van der Waals surface area contributed by atoms with E-state index in [0.29, 0.717) is 0 Å². The van der Waals surface area contributed by atoms with Crippen molar-refractivity contribution in [3.63, 3.8) is 0 Å². The number of nitrogens with one attached hydrogen (secondary N) is 1. The summed E-state index contributed by atoms with van der Waals surface area (Å²) in [5.74, 6) is 0. The summed E-state index contributed by atoms with van der Waals surface area (Å²) in [5.41, 5.74) is 3.86. The Hall–Kier alpha value is -0.350. The van der Waals surface area contributed by atoms with Crippen molar-refractivity contribution in [3.05, 3.63) is 45.0 Å². The normalized spacial score (nSPS) is 12.5. The average Bonchev–Trinajstić information content (AvgIpc) is 2.24. The molecule has 2 heteroatoms. The molecule has 1 nitrogen and oxygen atoms in total. The van der Waals surface area contributed by atoms with Gasteiger partial charge in [0, 0.05) is 3.57 Å². The van der Waals surface area contributed by atoms with Gasteiger partial charge in [-0.3, -0.25) is 0 Å². The van der Waals surface area contributed by atoms with Gasteiger partial charge in [0.25, 0.3) is 0 Å². The van der Waals surface area contributed by atoms with Crippen LogP contribution >= 0.6 is 22.6 Å². The van der Waals surface area contributed by atoms with Crippen molar-refractivity contribution in [1.29, 1.82) is 0 Å². The van der Waals surface area contributed by atoms with E-state index in [2.05, 4.69) is 73.5 Å². The molecule has 88 valence electrons. The number of aryl methyl sites for hydroxylation is 1. The Balaban J connectivity index is 3.01. The molecule has 0 spiro atoms. The molecule has 0 amide bonds. The molecule has 0 aliphatic heterocycles. The highest BCUT2D eigenvalue weighted by molar-refractivity contribution is 14.1. The quantitative estimate of drug-likeness (QED) is 0.630. The maximum atomic E-state index is 4.09. The summed E-state index contributed by atoms with van der Waals surface area (Å²) in [6, 6.07) is 6.75. The van der Waals surface area contributed by atoms with Gasteiger partial charge in [-0.1, -0.05) is 37.3 Å². The summed E-state index contributed by atoms with van der Waals surface area (Å²) in [7, 11) is 0. The summed E-state index contributed by atoms with van der Waals surface area (Å²) in [4.78, 5) is 0. The second kappa shape index (κ2) is 6.40. The number of benzene rings is 1. The zero-order valence-corrected chi connectivity index (χ0v) is 12.5. The molecule has 0 radical (unpaired) electrons. The third-order valence-corrected chi connectivity index (χ3v) is 4.10. The maximum Gasteiger partial charge on any atom is 0.0541 e. The molecule has 1 N–H and O–H groups in total. The smallest absolute Gasteiger partial charge is 0.0541 e. The summed E-state index contributed by atoms with van der Waals surface area (Å²) in [5, 5.41) is 3.55. The predicted octanol–water partition coefficient (Wildman–Crippen LogP) is 4.22. The second-order valence-corrected chi connectivity index (χ2v) is 5.29. The summed E-state index contributed by atoms with van der Waals surface area (Å²) in [6.07, 6.45) is 1.15. The van der Waals surface area contributed by atoms with E-state index >= 15 is 0 Å². The molecule has 1 aromatic rings. The minimum absolute atomic E-state index is 0.284. The van der Waals surface area contributed by atoms with Crippen LogP contribution in [0.4, 0.5) is 0 Å². The number of hydrogen-bond donors (Lipinski definition) is 1. The topological polar surface area (TPSA) is 12.0 Å². The molecule has 0 aliphatic rings. The first-order chi connectivity index (χ1) is 7.57. The van der Waals surface area contributed by atoms with Crippen LogP contribution in [0.15, 0.2) is 30.4 Å². The Morgan fingerprint density at radius 1 is 1.50 bits per heavy atom. The fourth-order valence-electron chi connectivity index (χ4n) is 1.73. The van der Waals surface area contributed by atoms with E-state index in [1.54, 1.807) is 0 Å². The van der Waals surface area contributed by atoms with Crippen LogP contribution in [0, 0.1) is 10.5 Å². The molecule has 0 saturated carbocycles. The highest BCUT2D eigenvalue weighted by Crippen LogP contribution is 2.27. The Bertz CT molecular complexity index is 371. The largest absolute Gasteiger partial charge is 0.307 e. The van der Waals surface area contributed by atoms with Crippen molar-refractivity contribution in [2.45, 2.75) is 33.2 Å². The van der Waals surface area contributed by atoms with Crippen LogP contribution in [-0.4, -0.2) is 6.54 Å². The third-order valence-electron chi connectivity index (χ3n) is 2.62. The van der Waals surface area contributed by atoms with Crippen molar-refractivity contribution in [1.82, 2.24) is 5.32 Å².